The highest BCUT2D eigenvalue weighted by molar-refractivity contribution is 5.69. The van der Waals surface area contributed by atoms with Gasteiger partial charge in [0.2, 0.25) is 0 Å². The molecule has 0 spiro atoms. The zero-order chi connectivity index (χ0) is 14.5. The topological polar surface area (TPSA) is 53.7 Å². The van der Waals surface area contributed by atoms with Crippen molar-refractivity contribution in [3.8, 4) is 0 Å². The molecule has 1 N–H and O–H groups in total. The molecule has 20 heavy (non-hydrogen) atoms. The predicted octanol–water partition coefficient (Wildman–Crippen LogP) is 2.81. The standard InChI is InChI=1S/C15H16FNO3/c1-11-13(6-7-20-11)9-17(10-15(18)19)8-12-2-4-14(16)5-3-12/h2-7H,8-10H2,1H3,(H,18,19). The number of hydrogen-bond acceptors (Lipinski definition) is 3. The van der Waals surface area contributed by atoms with Crippen LogP contribution in [0.2, 0.25) is 0 Å². The number of furan rings is 1. The van der Waals surface area contributed by atoms with Crippen molar-refractivity contribution in [1.82, 2.24) is 4.90 Å². The van der Waals surface area contributed by atoms with Gasteiger partial charge in [-0.25, -0.2) is 4.39 Å². The minimum atomic E-state index is -0.895. The first-order chi connectivity index (χ1) is 9.54. The second-order valence-corrected chi connectivity index (χ2v) is 4.67. The van der Waals surface area contributed by atoms with Gasteiger partial charge < -0.3 is 9.52 Å². The van der Waals surface area contributed by atoms with Gasteiger partial charge in [0.25, 0.3) is 0 Å². The molecule has 2 rings (SSSR count). The summed E-state index contributed by atoms with van der Waals surface area (Å²) in [5.41, 5.74) is 1.82. The van der Waals surface area contributed by atoms with Gasteiger partial charge in [0, 0.05) is 18.7 Å². The Bertz CT molecular complexity index is 577. The van der Waals surface area contributed by atoms with Crippen molar-refractivity contribution < 1.29 is 18.7 Å². The molecule has 0 radical (unpaired) electrons. The highest BCUT2D eigenvalue weighted by atomic mass is 19.1. The summed E-state index contributed by atoms with van der Waals surface area (Å²) in [6.07, 6.45) is 1.58. The van der Waals surface area contributed by atoms with Crippen LogP contribution in [-0.2, 0) is 17.9 Å². The van der Waals surface area contributed by atoms with E-state index in [9.17, 15) is 9.18 Å². The van der Waals surface area contributed by atoms with Crippen molar-refractivity contribution in [1.29, 1.82) is 0 Å². The van der Waals surface area contributed by atoms with Gasteiger partial charge in [0.1, 0.15) is 11.6 Å². The molecule has 2 aromatic rings. The minimum absolute atomic E-state index is 0.0814. The van der Waals surface area contributed by atoms with Crippen molar-refractivity contribution in [3.63, 3.8) is 0 Å². The minimum Gasteiger partial charge on any atom is -0.480 e. The Balaban J connectivity index is 2.09. The summed E-state index contributed by atoms with van der Waals surface area (Å²) < 4.78 is 18.1. The maximum atomic E-state index is 12.9. The summed E-state index contributed by atoms with van der Waals surface area (Å²) in [6.45, 7) is 2.68. The average molecular weight is 277 g/mol. The fraction of sp³-hybridized carbons (Fsp3) is 0.267. The zero-order valence-corrected chi connectivity index (χ0v) is 11.2. The molecule has 4 nitrogen and oxygen atoms in total. The molecule has 0 bridgehead atoms. The molecule has 5 heteroatoms. The van der Waals surface area contributed by atoms with Gasteiger partial charge >= 0.3 is 5.97 Å². The summed E-state index contributed by atoms with van der Waals surface area (Å²) in [5, 5.41) is 8.98. The summed E-state index contributed by atoms with van der Waals surface area (Å²) >= 11 is 0. The van der Waals surface area contributed by atoms with Crippen molar-refractivity contribution >= 4 is 5.97 Å². The van der Waals surface area contributed by atoms with Crippen LogP contribution in [-0.4, -0.2) is 22.5 Å². The third-order valence-corrected chi connectivity index (χ3v) is 3.04. The van der Waals surface area contributed by atoms with Crippen LogP contribution in [0.25, 0.3) is 0 Å². The van der Waals surface area contributed by atoms with E-state index in [0.717, 1.165) is 16.9 Å². The molecule has 0 saturated heterocycles. The van der Waals surface area contributed by atoms with Gasteiger partial charge in [0.05, 0.1) is 12.8 Å². The van der Waals surface area contributed by atoms with Crippen LogP contribution >= 0.6 is 0 Å². The van der Waals surface area contributed by atoms with E-state index >= 15 is 0 Å². The predicted molar refractivity (Wildman–Crippen MR) is 71.6 cm³/mol. The highest BCUT2D eigenvalue weighted by Crippen LogP contribution is 2.14. The van der Waals surface area contributed by atoms with Gasteiger partial charge in [-0.05, 0) is 30.7 Å². The van der Waals surface area contributed by atoms with Gasteiger partial charge in [-0.3, -0.25) is 9.69 Å². The Morgan fingerprint density at radius 2 is 1.95 bits per heavy atom. The summed E-state index contributed by atoms with van der Waals surface area (Å²) in [5.74, 6) is -0.419. The quantitative estimate of drug-likeness (QED) is 0.882. The number of hydrogen-bond donors (Lipinski definition) is 1. The van der Waals surface area contributed by atoms with E-state index in [1.54, 1.807) is 23.3 Å². The normalized spacial score (nSPS) is 10.9. The lowest BCUT2D eigenvalue weighted by atomic mass is 10.2. The number of carboxylic acids is 1. The monoisotopic (exact) mass is 277 g/mol. The lowest BCUT2D eigenvalue weighted by molar-refractivity contribution is -0.138. The number of carboxylic acid groups (broad SMARTS) is 1. The van der Waals surface area contributed by atoms with Crippen LogP contribution in [0.5, 0.6) is 0 Å². The molecular weight excluding hydrogens is 261 g/mol. The Morgan fingerprint density at radius 1 is 1.25 bits per heavy atom. The van der Waals surface area contributed by atoms with E-state index in [1.165, 1.54) is 12.1 Å². The van der Waals surface area contributed by atoms with Gasteiger partial charge in [0.15, 0.2) is 0 Å². The number of aliphatic carboxylic acids is 1. The lowest BCUT2D eigenvalue weighted by Gasteiger charge is -2.20. The van der Waals surface area contributed by atoms with Crippen molar-refractivity contribution in [2.45, 2.75) is 20.0 Å². The number of carbonyl (C=O) groups is 1. The second kappa shape index (κ2) is 6.34. The number of benzene rings is 1. The molecule has 0 aliphatic heterocycles. The van der Waals surface area contributed by atoms with E-state index < -0.39 is 5.97 Å². The molecule has 0 aliphatic rings. The molecular formula is C15H16FNO3. The first kappa shape index (κ1) is 14.3. The van der Waals surface area contributed by atoms with E-state index in [4.69, 9.17) is 9.52 Å². The number of nitrogens with zero attached hydrogens (tertiary/aromatic N) is 1. The number of halogens is 1. The van der Waals surface area contributed by atoms with Crippen LogP contribution in [0.15, 0.2) is 41.0 Å². The Hall–Kier alpha value is -2.14. The van der Waals surface area contributed by atoms with Crippen LogP contribution in [0.1, 0.15) is 16.9 Å². The summed E-state index contributed by atoms with van der Waals surface area (Å²) in [6, 6.07) is 7.89. The first-order valence-corrected chi connectivity index (χ1v) is 6.26. The maximum Gasteiger partial charge on any atom is 0.317 e. The van der Waals surface area contributed by atoms with Gasteiger partial charge in [-0.2, -0.15) is 0 Å². The molecule has 0 atom stereocenters. The smallest absolute Gasteiger partial charge is 0.317 e. The molecule has 0 saturated carbocycles. The van der Waals surface area contributed by atoms with Crippen LogP contribution in [0.3, 0.4) is 0 Å². The molecule has 1 aromatic carbocycles. The molecule has 0 fully saturated rings. The van der Waals surface area contributed by atoms with Crippen molar-refractivity contribution in [3.05, 3.63) is 59.3 Å². The van der Waals surface area contributed by atoms with E-state index in [2.05, 4.69) is 0 Å². The van der Waals surface area contributed by atoms with Crippen molar-refractivity contribution in [2.24, 2.45) is 0 Å². The SMILES string of the molecule is Cc1occc1CN(CC(=O)O)Cc1ccc(F)cc1. The molecule has 0 amide bonds. The van der Waals surface area contributed by atoms with Gasteiger partial charge in [-0.1, -0.05) is 12.1 Å². The lowest BCUT2D eigenvalue weighted by Crippen LogP contribution is -2.29. The molecule has 1 heterocycles. The third-order valence-electron chi connectivity index (χ3n) is 3.04. The molecule has 106 valence electrons. The second-order valence-electron chi connectivity index (χ2n) is 4.67. The largest absolute Gasteiger partial charge is 0.480 e. The number of aryl methyl sites for hydroxylation is 1. The average Bonchev–Trinajstić information content (AvgIpc) is 2.77. The highest BCUT2D eigenvalue weighted by Gasteiger charge is 2.13. The van der Waals surface area contributed by atoms with Crippen LogP contribution in [0, 0.1) is 12.7 Å². The Morgan fingerprint density at radius 3 is 2.50 bits per heavy atom. The Labute approximate surface area is 116 Å². The summed E-state index contributed by atoms with van der Waals surface area (Å²) in [7, 11) is 0. The zero-order valence-electron chi connectivity index (χ0n) is 11.2. The Kier molecular flexibility index (Phi) is 4.53. The van der Waals surface area contributed by atoms with Crippen LogP contribution in [0.4, 0.5) is 4.39 Å². The molecule has 0 aliphatic carbocycles. The fourth-order valence-corrected chi connectivity index (χ4v) is 2.02. The van der Waals surface area contributed by atoms with Gasteiger partial charge in [-0.15, -0.1) is 0 Å². The van der Waals surface area contributed by atoms with Crippen LogP contribution < -0.4 is 0 Å². The first-order valence-electron chi connectivity index (χ1n) is 6.26. The number of rotatable bonds is 6. The fourth-order valence-electron chi connectivity index (χ4n) is 2.02. The molecule has 1 aromatic heterocycles. The summed E-state index contributed by atoms with van der Waals surface area (Å²) in [4.78, 5) is 12.7. The third kappa shape index (κ3) is 3.93. The molecule has 0 unspecified atom stereocenters. The van der Waals surface area contributed by atoms with E-state index in [-0.39, 0.29) is 12.4 Å². The van der Waals surface area contributed by atoms with Crippen molar-refractivity contribution in [2.75, 3.05) is 6.54 Å². The van der Waals surface area contributed by atoms with E-state index in [1.807, 2.05) is 13.0 Å². The maximum absolute atomic E-state index is 12.9. The van der Waals surface area contributed by atoms with E-state index in [0.29, 0.717) is 13.1 Å².